The van der Waals surface area contributed by atoms with E-state index >= 15 is 0 Å². The molecule has 0 radical (unpaired) electrons. The van der Waals surface area contributed by atoms with Crippen LogP contribution in [0.3, 0.4) is 0 Å². The van der Waals surface area contributed by atoms with E-state index in [1.165, 1.54) is 4.90 Å². The molecule has 4 amide bonds. The summed E-state index contributed by atoms with van der Waals surface area (Å²) in [6.45, 7) is 5.18. The molecule has 0 spiro atoms. The van der Waals surface area contributed by atoms with E-state index in [0.717, 1.165) is 12.8 Å². The summed E-state index contributed by atoms with van der Waals surface area (Å²) in [5, 5.41) is 6.03. The number of hydrogen-bond donors (Lipinski definition) is 2. The van der Waals surface area contributed by atoms with Crippen molar-refractivity contribution < 1.29 is 23.9 Å². The molecule has 3 atom stereocenters. The molecule has 0 unspecified atom stereocenters. The number of rotatable bonds is 10. The maximum atomic E-state index is 14.4. The highest BCUT2D eigenvalue weighted by molar-refractivity contribution is 6.04. The molecule has 0 saturated carbocycles. The van der Waals surface area contributed by atoms with Gasteiger partial charge in [0.15, 0.2) is 0 Å². The van der Waals surface area contributed by atoms with Crippen molar-refractivity contribution >= 4 is 17.8 Å². The topological polar surface area (TPSA) is 100 Å². The van der Waals surface area contributed by atoms with Crippen LogP contribution < -0.4 is 15.4 Å². The Balaban J connectivity index is 1.33. The van der Waals surface area contributed by atoms with Crippen LogP contribution in [0.15, 0.2) is 109 Å². The lowest BCUT2D eigenvalue weighted by atomic mass is 9.95. The van der Waals surface area contributed by atoms with Crippen LogP contribution in [0.2, 0.25) is 0 Å². The molecule has 3 aromatic carbocycles. The summed E-state index contributed by atoms with van der Waals surface area (Å²) in [5.74, 6) is 0.641. The van der Waals surface area contributed by atoms with Crippen molar-refractivity contribution in [1.29, 1.82) is 0 Å². The third-order valence-corrected chi connectivity index (χ3v) is 7.94. The summed E-state index contributed by atoms with van der Waals surface area (Å²) in [4.78, 5) is 44.6. The maximum Gasteiger partial charge on any atom is 0.322 e. The van der Waals surface area contributed by atoms with Crippen molar-refractivity contribution in [3.63, 3.8) is 0 Å². The van der Waals surface area contributed by atoms with E-state index in [4.69, 9.17) is 9.47 Å². The Hall–Kier alpha value is -4.89. The molecule has 0 aromatic heterocycles. The molecule has 3 aromatic rings. The largest absolute Gasteiger partial charge is 0.457 e. The predicted octanol–water partition coefficient (Wildman–Crippen LogP) is 4.86. The Kier molecular flexibility index (Phi) is 8.24. The standard InChI is InChI=1S/C34H34N4O5/c1-2-18-37-28-22-38(31(23-11-5-3-6-12-23)32(39)35-21-27-17-10-19-42-27)33(40)29(28)30(36-34(37)41)24-13-9-16-26(20-24)43-25-14-7-4-8-15-25/h2-9,11-16,20,27,30-31H,1,10,17-19,21-22H2,(H,35,39)(H,36,41)/t27-,30-,31-/m1/s1. The van der Waals surface area contributed by atoms with E-state index in [0.29, 0.717) is 47.0 Å². The van der Waals surface area contributed by atoms with Crippen LogP contribution in [0.5, 0.6) is 11.5 Å². The molecule has 3 heterocycles. The molecule has 9 nitrogen and oxygen atoms in total. The van der Waals surface area contributed by atoms with Gasteiger partial charge in [0.1, 0.15) is 17.5 Å². The number of nitrogens with one attached hydrogen (secondary N) is 2. The molecule has 43 heavy (non-hydrogen) atoms. The van der Waals surface area contributed by atoms with Crippen molar-refractivity contribution in [2.45, 2.75) is 31.0 Å². The summed E-state index contributed by atoms with van der Waals surface area (Å²) < 4.78 is 11.7. The van der Waals surface area contributed by atoms with E-state index in [9.17, 15) is 14.4 Å². The smallest absolute Gasteiger partial charge is 0.322 e. The molecule has 1 saturated heterocycles. The number of carbonyl (C=O) groups excluding carboxylic acids is 3. The number of ether oxygens (including phenoxy) is 2. The Morgan fingerprint density at radius 1 is 1.05 bits per heavy atom. The fraction of sp³-hybridized carbons (Fsp3) is 0.265. The van der Waals surface area contributed by atoms with Gasteiger partial charge in [-0.1, -0.05) is 66.7 Å². The van der Waals surface area contributed by atoms with Crippen LogP contribution in [-0.2, 0) is 14.3 Å². The van der Waals surface area contributed by atoms with E-state index in [2.05, 4.69) is 17.2 Å². The monoisotopic (exact) mass is 578 g/mol. The fourth-order valence-electron chi connectivity index (χ4n) is 5.90. The van der Waals surface area contributed by atoms with Crippen molar-refractivity contribution in [3.05, 3.63) is 120 Å². The minimum atomic E-state index is -0.894. The molecular formula is C34H34N4O5. The summed E-state index contributed by atoms with van der Waals surface area (Å²) in [7, 11) is 0. The van der Waals surface area contributed by atoms with E-state index in [-0.39, 0.29) is 37.0 Å². The number of amides is 4. The molecule has 0 aliphatic carbocycles. The molecule has 3 aliphatic heterocycles. The van der Waals surface area contributed by atoms with Gasteiger partial charge in [-0.2, -0.15) is 0 Å². The molecule has 3 aliphatic rings. The summed E-state index contributed by atoms with van der Waals surface area (Å²) in [6.07, 6.45) is 3.42. The minimum Gasteiger partial charge on any atom is -0.457 e. The van der Waals surface area contributed by atoms with Crippen molar-refractivity contribution in [1.82, 2.24) is 20.4 Å². The van der Waals surface area contributed by atoms with Gasteiger partial charge in [0.05, 0.1) is 30.0 Å². The zero-order valence-corrected chi connectivity index (χ0v) is 23.8. The Morgan fingerprint density at radius 2 is 1.79 bits per heavy atom. The Labute approximate surface area is 250 Å². The molecule has 220 valence electrons. The van der Waals surface area contributed by atoms with Gasteiger partial charge < -0.3 is 25.0 Å². The first-order chi connectivity index (χ1) is 21.0. The van der Waals surface area contributed by atoms with Gasteiger partial charge in [-0.25, -0.2) is 4.79 Å². The van der Waals surface area contributed by atoms with Gasteiger partial charge in [0.25, 0.3) is 5.91 Å². The molecule has 2 N–H and O–H groups in total. The summed E-state index contributed by atoms with van der Waals surface area (Å²) in [5.41, 5.74) is 2.36. The van der Waals surface area contributed by atoms with Crippen LogP contribution in [0.1, 0.15) is 36.1 Å². The van der Waals surface area contributed by atoms with Crippen LogP contribution in [0.25, 0.3) is 0 Å². The van der Waals surface area contributed by atoms with Crippen LogP contribution in [-0.4, -0.2) is 60.0 Å². The highest BCUT2D eigenvalue weighted by atomic mass is 16.5. The van der Waals surface area contributed by atoms with Gasteiger partial charge in [-0.05, 0) is 48.2 Å². The van der Waals surface area contributed by atoms with Crippen LogP contribution in [0, 0.1) is 0 Å². The quantitative estimate of drug-likeness (QED) is 0.335. The SMILES string of the molecule is C=CCN1C(=O)N[C@H](c2cccc(Oc3ccccc3)c2)C2=C1CN([C@@H](C(=O)NC[C@H]1CCCO1)c1ccccc1)C2=O. The lowest BCUT2D eigenvalue weighted by Gasteiger charge is -2.33. The number of nitrogens with zero attached hydrogens (tertiary/aromatic N) is 2. The average molecular weight is 579 g/mol. The van der Waals surface area contributed by atoms with Gasteiger partial charge >= 0.3 is 6.03 Å². The zero-order valence-electron chi connectivity index (χ0n) is 23.8. The molecule has 9 heteroatoms. The third-order valence-electron chi connectivity index (χ3n) is 7.94. The second-order valence-corrected chi connectivity index (χ2v) is 10.8. The normalized spacial score (nSPS) is 20.5. The molecule has 1 fully saturated rings. The van der Waals surface area contributed by atoms with Crippen LogP contribution >= 0.6 is 0 Å². The number of para-hydroxylation sites is 1. The van der Waals surface area contributed by atoms with Crippen LogP contribution in [0.4, 0.5) is 4.79 Å². The van der Waals surface area contributed by atoms with Crippen molar-refractivity contribution in [3.8, 4) is 11.5 Å². The van der Waals surface area contributed by atoms with Crippen molar-refractivity contribution in [2.75, 3.05) is 26.2 Å². The van der Waals surface area contributed by atoms with E-state index < -0.39 is 12.1 Å². The lowest BCUT2D eigenvalue weighted by Crippen LogP contribution is -2.47. The van der Waals surface area contributed by atoms with Gasteiger partial charge in [-0.3, -0.25) is 14.5 Å². The van der Waals surface area contributed by atoms with E-state index in [1.807, 2.05) is 84.9 Å². The van der Waals surface area contributed by atoms with Gasteiger partial charge in [-0.15, -0.1) is 6.58 Å². The number of hydrogen-bond acceptors (Lipinski definition) is 5. The zero-order chi connectivity index (χ0) is 29.8. The van der Waals surface area contributed by atoms with Gasteiger partial charge in [0, 0.05) is 19.7 Å². The Bertz CT molecular complexity index is 1530. The molecule has 6 rings (SSSR count). The highest BCUT2D eigenvalue weighted by Gasteiger charge is 2.47. The van der Waals surface area contributed by atoms with Crippen molar-refractivity contribution in [2.24, 2.45) is 0 Å². The van der Waals surface area contributed by atoms with E-state index in [1.54, 1.807) is 11.0 Å². The second-order valence-electron chi connectivity index (χ2n) is 10.8. The highest BCUT2D eigenvalue weighted by Crippen LogP contribution is 2.40. The maximum absolute atomic E-state index is 14.4. The first-order valence-electron chi connectivity index (χ1n) is 14.5. The molecule has 0 bridgehead atoms. The second kappa shape index (κ2) is 12.5. The Morgan fingerprint density at radius 3 is 2.51 bits per heavy atom. The first-order valence-corrected chi connectivity index (χ1v) is 14.5. The first kappa shape index (κ1) is 28.2. The predicted molar refractivity (Wildman–Crippen MR) is 161 cm³/mol. The fourth-order valence-corrected chi connectivity index (χ4v) is 5.90. The lowest BCUT2D eigenvalue weighted by molar-refractivity contribution is -0.137. The number of carbonyl (C=O) groups is 3. The molecular weight excluding hydrogens is 544 g/mol. The summed E-state index contributed by atoms with van der Waals surface area (Å²) >= 11 is 0. The third kappa shape index (κ3) is 5.89. The summed E-state index contributed by atoms with van der Waals surface area (Å²) in [6, 6.07) is 24.0. The number of urea groups is 1. The number of benzene rings is 3. The van der Waals surface area contributed by atoms with Gasteiger partial charge in [0.2, 0.25) is 5.91 Å². The minimum absolute atomic E-state index is 0.0411. The average Bonchev–Trinajstić information content (AvgIpc) is 3.67.